The Bertz CT molecular complexity index is 502. The molecule has 4 heteroatoms. The van der Waals surface area contributed by atoms with E-state index in [2.05, 4.69) is 5.38 Å². The highest BCUT2D eigenvalue weighted by Crippen LogP contribution is 2.19. The number of carbonyl (C=O) groups excluding carboxylic acids is 1. The third-order valence-electron chi connectivity index (χ3n) is 2.46. The van der Waals surface area contributed by atoms with Crippen molar-refractivity contribution in [2.45, 2.75) is 12.8 Å². The molecule has 2 aromatic rings. The number of nitrogen functional groups attached to an aromatic ring is 1. The molecule has 0 radical (unpaired) electrons. The summed E-state index contributed by atoms with van der Waals surface area (Å²) >= 11 is 7.50. The normalized spacial score (nSPS) is 10.4. The molecule has 0 aliphatic heterocycles. The van der Waals surface area contributed by atoms with Crippen LogP contribution in [0, 0.1) is 0 Å². The smallest absolute Gasteiger partial charge is 0.163 e. The SMILES string of the molecule is Nc1cc(Cl)cc(C(=O)CCc2ccsc2)c1. The van der Waals surface area contributed by atoms with Crippen molar-refractivity contribution in [3.8, 4) is 0 Å². The van der Waals surface area contributed by atoms with E-state index in [1.807, 2.05) is 11.4 Å². The maximum atomic E-state index is 11.9. The number of aryl methyl sites for hydroxylation is 1. The predicted octanol–water partition coefficient (Wildman–Crippen LogP) is 3.80. The van der Waals surface area contributed by atoms with Crippen molar-refractivity contribution in [2.24, 2.45) is 0 Å². The number of rotatable bonds is 4. The summed E-state index contributed by atoms with van der Waals surface area (Å²) in [5, 5.41) is 4.57. The van der Waals surface area contributed by atoms with E-state index in [0.29, 0.717) is 22.7 Å². The van der Waals surface area contributed by atoms with Gasteiger partial charge in [-0.05, 0) is 47.0 Å². The zero-order valence-electron chi connectivity index (χ0n) is 9.15. The van der Waals surface area contributed by atoms with Crippen molar-refractivity contribution < 1.29 is 4.79 Å². The first-order valence-corrected chi connectivity index (χ1v) is 6.57. The summed E-state index contributed by atoms with van der Waals surface area (Å²) < 4.78 is 0. The number of Topliss-reactive ketones (excluding diaryl/α,β-unsaturated/α-hetero) is 1. The van der Waals surface area contributed by atoms with Gasteiger partial charge in [0.05, 0.1) is 0 Å². The van der Waals surface area contributed by atoms with E-state index in [4.69, 9.17) is 17.3 Å². The highest BCUT2D eigenvalue weighted by atomic mass is 35.5. The molecule has 1 heterocycles. The summed E-state index contributed by atoms with van der Waals surface area (Å²) in [7, 11) is 0. The molecule has 0 amide bonds. The van der Waals surface area contributed by atoms with Gasteiger partial charge in [0.1, 0.15) is 0 Å². The molecule has 0 unspecified atom stereocenters. The summed E-state index contributed by atoms with van der Waals surface area (Å²) in [6.07, 6.45) is 1.24. The van der Waals surface area contributed by atoms with Gasteiger partial charge in [-0.25, -0.2) is 0 Å². The van der Waals surface area contributed by atoms with E-state index < -0.39 is 0 Å². The molecule has 0 saturated heterocycles. The number of benzene rings is 1. The van der Waals surface area contributed by atoms with Gasteiger partial charge >= 0.3 is 0 Å². The molecule has 2 rings (SSSR count). The topological polar surface area (TPSA) is 43.1 Å². The molecule has 1 aromatic carbocycles. The number of halogens is 1. The van der Waals surface area contributed by atoms with Gasteiger partial charge in [0.15, 0.2) is 5.78 Å². The number of carbonyl (C=O) groups is 1. The van der Waals surface area contributed by atoms with Gasteiger partial charge in [0.25, 0.3) is 0 Å². The molecule has 2 nitrogen and oxygen atoms in total. The van der Waals surface area contributed by atoms with Crippen LogP contribution >= 0.6 is 22.9 Å². The van der Waals surface area contributed by atoms with Gasteiger partial charge in [-0.1, -0.05) is 11.6 Å². The standard InChI is InChI=1S/C13H12ClNOS/c14-11-5-10(6-12(15)7-11)13(16)2-1-9-3-4-17-8-9/h3-8H,1-2,15H2. The Labute approximate surface area is 109 Å². The number of hydrogen-bond donors (Lipinski definition) is 1. The molecule has 0 spiro atoms. The maximum absolute atomic E-state index is 11.9. The summed E-state index contributed by atoms with van der Waals surface area (Å²) in [5.74, 6) is 0.0744. The van der Waals surface area contributed by atoms with E-state index in [9.17, 15) is 4.79 Å². The quantitative estimate of drug-likeness (QED) is 0.675. The van der Waals surface area contributed by atoms with Crippen molar-refractivity contribution in [2.75, 3.05) is 5.73 Å². The number of anilines is 1. The lowest BCUT2D eigenvalue weighted by Gasteiger charge is -2.03. The highest BCUT2D eigenvalue weighted by Gasteiger charge is 2.08. The molecule has 0 saturated carbocycles. The largest absolute Gasteiger partial charge is 0.399 e. The lowest BCUT2D eigenvalue weighted by atomic mass is 10.0. The van der Waals surface area contributed by atoms with Gasteiger partial charge in [0, 0.05) is 22.7 Å². The monoisotopic (exact) mass is 265 g/mol. The van der Waals surface area contributed by atoms with Gasteiger partial charge < -0.3 is 5.73 Å². The first-order valence-electron chi connectivity index (χ1n) is 5.25. The average Bonchev–Trinajstić information content (AvgIpc) is 2.77. The second-order valence-corrected chi connectivity index (χ2v) is 5.04. The molecule has 0 bridgehead atoms. The lowest BCUT2D eigenvalue weighted by molar-refractivity contribution is 0.0983. The Morgan fingerprint density at radius 1 is 1.35 bits per heavy atom. The number of thiophene rings is 1. The van der Waals surface area contributed by atoms with Crippen LogP contribution in [0.15, 0.2) is 35.0 Å². The Balaban J connectivity index is 2.04. The molecular weight excluding hydrogens is 254 g/mol. The van der Waals surface area contributed by atoms with Crippen molar-refractivity contribution >= 4 is 34.4 Å². The molecule has 0 atom stereocenters. The van der Waals surface area contributed by atoms with Crippen LogP contribution in [-0.2, 0) is 6.42 Å². The molecule has 1 aromatic heterocycles. The summed E-state index contributed by atoms with van der Waals surface area (Å²) in [6.45, 7) is 0. The minimum absolute atomic E-state index is 0.0744. The van der Waals surface area contributed by atoms with Crippen LogP contribution in [0.3, 0.4) is 0 Å². The van der Waals surface area contributed by atoms with Crippen LogP contribution in [0.4, 0.5) is 5.69 Å². The van der Waals surface area contributed by atoms with E-state index in [-0.39, 0.29) is 5.78 Å². The van der Waals surface area contributed by atoms with Crippen LogP contribution in [0.1, 0.15) is 22.3 Å². The predicted molar refractivity (Wildman–Crippen MR) is 72.8 cm³/mol. The van der Waals surface area contributed by atoms with Crippen LogP contribution in [0.5, 0.6) is 0 Å². The summed E-state index contributed by atoms with van der Waals surface area (Å²) in [6, 6.07) is 7.00. The highest BCUT2D eigenvalue weighted by molar-refractivity contribution is 7.07. The Morgan fingerprint density at radius 3 is 2.82 bits per heavy atom. The number of hydrogen-bond acceptors (Lipinski definition) is 3. The molecule has 0 fully saturated rings. The second kappa shape index (κ2) is 5.34. The van der Waals surface area contributed by atoms with Crippen LogP contribution in [0.2, 0.25) is 5.02 Å². The summed E-state index contributed by atoms with van der Waals surface area (Å²) in [5.41, 5.74) is 7.96. The number of ketones is 1. The summed E-state index contributed by atoms with van der Waals surface area (Å²) in [4.78, 5) is 11.9. The lowest BCUT2D eigenvalue weighted by Crippen LogP contribution is -2.02. The fourth-order valence-electron chi connectivity index (χ4n) is 1.61. The Hall–Kier alpha value is -1.32. The first kappa shape index (κ1) is 12.1. The Morgan fingerprint density at radius 2 is 2.18 bits per heavy atom. The van der Waals surface area contributed by atoms with Crippen molar-refractivity contribution in [3.63, 3.8) is 0 Å². The van der Waals surface area contributed by atoms with Gasteiger partial charge in [-0.2, -0.15) is 11.3 Å². The molecule has 88 valence electrons. The van der Waals surface area contributed by atoms with Crippen LogP contribution in [0.25, 0.3) is 0 Å². The minimum Gasteiger partial charge on any atom is -0.399 e. The maximum Gasteiger partial charge on any atom is 0.163 e. The van der Waals surface area contributed by atoms with Gasteiger partial charge in [-0.15, -0.1) is 0 Å². The molecule has 2 N–H and O–H groups in total. The minimum atomic E-state index is 0.0744. The third kappa shape index (κ3) is 3.32. The first-order chi connectivity index (χ1) is 8.15. The van der Waals surface area contributed by atoms with Crippen molar-refractivity contribution in [3.05, 3.63) is 51.2 Å². The van der Waals surface area contributed by atoms with Crippen LogP contribution < -0.4 is 5.73 Å². The van der Waals surface area contributed by atoms with Crippen LogP contribution in [-0.4, -0.2) is 5.78 Å². The zero-order chi connectivity index (χ0) is 12.3. The second-order valence-electron chi connectivity index (χ2n) is 3.83. The molecule has 0 aliphatic rings. The van der Waals surface area contributed by atoms with Crippen molar-refractivity contribution in [1.82, 2.24) is 0 Å². The van der Waals surface area contributed by atoms with Gasteiger partial charge in [0.2, 0.25) is 0 Å². The average molecular weight is 266 g/mol. The fourth-order valence-corrected chi connectivity index (χ4v) is 2.56. The van der Waals surface area contributed by atoms with E-state index in [0.717, 1.165) is 6.42 Å². The Kier molecular flexibility index (Phi) is 3.82. The molecule has 17 heavy (non-hydrogen) atoms. The van der Waals surface area contributed by atoms with E-state index in [1.54, 1.807) is 29.5 Å². The van der Waals surface area contributed by atoms with Gasteiger partial charge in [-0.3, -0.25) is 4.79 Å². The molecular formula is C13H12ClNOS. The number of nitrogens with two attached hydrogens (primary N) is 1. The van der Waals surface area contributed by atoms with E-state index in [1.165, 1.54) is 5.56 Å². The van der Waals surface area contributed by atoms with Crippen molar-refractivity contribution in [1.29, 1.82) is 0 Å². The molecule has 0 aliphatic carbocycles. The fraction of sp³-hybridized carbons (Fsp3) is 0.154. The third-order valence-corrected chi connectivity index (χ3v) is 3.41. The zero-order valence-corrected chi connectivity index (χ0v) is 10.7. The van der Waals surface area contributed by atoms with E-state index >= 15 is 0 Å².